The summed E-state index contributed by atoms with van der Waals surface area (Å²) in [7, 11) is 1.66. The minimum atomic E-state index is -0.375. The van der Waals surface area contributed by atoms with Crippen molar-refractivity contribution >= 4 is 17.7 Å². The van der Waals surface area contributed by atoms with E-state index in [0.717, 1.165) is 12.0 Å². The van der Waals surface area contributed by atoms with Crippen LogP contribution >= 0.6 is 11.8 Å². The largest absolute Gasteiger partial charge is 0.467 e. The molecule has 1 amide bonds. The van der Waals surface area contributed by atoms with Gasteiger partial charge in [0.25, 0.3) is 5.56 Å². The zero-order valence-electron chi connectivity index (χ0n) is 17.9. The van der Waals surface area contributed by atoms with Gasteiger partial charge >= 0.3 is 0 Å². The van der Waals surface area contributed by atoms with Gasteiger partial charge in [0.15, 0.2) is 5.16 Å². The van der Waals surface area contributed by atoms with E-state index in [9.17, 15) is 14.0 Å². The van der Waals surface area contributed by atoms with Crippen LogP contribution in [0.25, 0.3) is 0 Å². The molecular formula is C23H26FN3O3S. The van der Waals surface area contributed by atoms with Crippen molar-refractivity contribution in [2.75, 3.05) is 0 Å². The molecule has 2 aromatic heterocycles. The molecule has 0 bridgehead atoms. The van der Waals surface area contributed by atoms with E-state index in [4.69, 9.17) is 4.42 Å². The number of halogens is 1. The summed E-state index contributed by atoms with van der Waals surface area (Å²) >= 11 is 1.29. The number of rotatable bonds is 9. The lowest BCUT2D eigenvalue weighted by molar-refractivity contribution is -0.120. The van der Waals surface area contributed by atoms with Crippen molar-refractivity contribution in [2.24, 2.45) is 7.05 Å². The molecule has 3 aromatic rings. The molecule has 0 spiro atoms. The summed E-state index contributed by atoms with van der Waals surface area (Å²) in [5, 5.41) is 3.01. The molecule has 2 heterocycles. The third-order valence-electron chi connectivity index (χ3n) is 4.95. The quantitative estimate of drug-likeness (QED) is 0.400. The fraction of sp³-hybridized carbons (Fsp3) is 0.348. The molecule has 0 radical (unpaired) electrons. The number of hydrogen-bond acceptors (Lipinski definition) is 5. The number of furan rings is 1. The standard InChI is InChI=1S/C23H26FN3O3S/c1-4-6-20(21(28)25-14-18-7-5-12-30-18)31-23-26-15(2)19(22(29)27(23)3)13-16-8-10-17(24)11-9-16/h5,7-12,20H,4,6,13-14H2,1-3H3,(H,25,28). The Morgan fingerprint density at radius 3 is 2.68 bits per heavy atom. The molecule has 0 aliphatic rings. The first-order valence-corrected chi connectivity index (χ1v) is 11.0. The minimum absolute atomic E-state index is 0.120. The van der Waals surface area contributed by atoms with Crippen LogP contribution in [0.15, 0.2) is 57.0 Å². The monoisotopic (exact) mass is 443 g/mol. The molecule has 0 aliphatic carbocycles. The second-order valence-corrected chi connectivity index (χ2v) is 8.49. The highest BCUT2D eigenvalue weighted by molar-refractivity contribution is 8.00. The summed E-state index contributed by atoms with van der Waals surface area (Å²) in [4.78, 5) is 30.3. The van der Waals surface area contributed by atoms with Gasteiger partial charge in [0.05, 0.1) is 18.1 Å². The van der Waals surface area contributed by atoms with Gasteiger partial charge < -0.3 is 9.73 Å². The van der Waals surface area contributed by atoms with Crippen LogP contribution in [-0.4, -0.2) is 20.7 Å². The molecule has 31 heavy (non-hydrogen) atoms. The first kappa shape index (κ1) is 22.8. The number of nitrogens with zero attached hydrogens (tertiary/aromatic N) is 2. The number of aryl methyl sites for hydroxylation is 1. The Balaban J connectivity index is 1.77. The van der Waals surface area contributed by atoms with Gasteiger partial charge in [0.1, 0.15) is 11.6 Å². The van der Waals surface area contributed by atoms with Gasteiger partial charge in [-0.05, 0) is 43.2 Å². The summed E-state index contributed by atoms with van der Waals surface area (Å²) in [6.07, 6.45) is 3.41. The molecule has 0 aliphatic heterocycles. The van der Waals surface area contributed by atoms with Crippen molar-refractivity contribution in [3.05, 3.63) is 81.4 Å². The second-order valence-electron chi connectivity index (χ2n) is 7.32. The smallest absolute Gasteiger partial charge is 0.257 e. The van der Waals surface area contributed by atoms with Gasteiger partial charge in [-0.25, -0.2) is 9.37 Å². The van der Waals surface area contributed by atoms with Gasteiger partial charge in [-0.2, -0.15) is 0 Å². The Kier molecular flexibility index (Phi) is 7.68. The van der Waals surface area contributed by atoms with Crippen LogP contribution in [0.5, 0.6) is 0 Å². The Morgan fingerprint density at radius 2 is 2.03 bits per heavy atom. The maximum absolute atomic E-state index is 13.2. The second kappa shape index (κ2) is 10.4. The van der Waals surface area contributed by atoms with Crippen LogP contribution < -0.4 is 10.9 Å². The highest BCUT2D eigenvalue weighted by Gasteiger charge is 2.23. The van der Waals surface area contributed by atoms with E-state index in [2.05, 4.69) is 10.3 Å². The number of carbonyl (C=O) groups is 1. The number of carbonyl (C=O) groups excluding carboxylic acids is 1. The van der Waals surface area contributed by atoms with E-state index in [0.29, 0.717) is 41.6 Å². The van der Waals surface area contributed by atoms with E-state index in [-0.39, 0.29) is 22.5 Å². The lowest BCUT2D eigenvalue weighted by atomic mass is 10.1. The molecule has 3 rings (SSSR count). The molecule has 1 atom stereocenters. The molecule has 8 heteroatoms. The fourth-order valence-electron chi connectivity index (χ4n) is 3.18. The van der Waals surface area contributed by atoms with Gasteiger partial charge in [-0.15, -0.1) is 0 Å². The Bertz CT molecular complexity index is 1080. The number of nitrogens with one attached hydrogen (secondary N) is 1. The summed E-state index contributed by atoms with van der Waals surface area (Å²) in [5.41, 5.74) is 1.85. The lowest BCUT2D eigenvalue weighted by Crippen LogP contribution is -2.33. The molecule has 0 fully saturated rings. The molecule has 6 nitrogen and oxygen atoms in total. The summed E-state index contributed by atoms with van der Waals surface area (Å²) in [6, 6.07) is 9.66. The van der Waals surface area contributed by atoms with Crippen molar-refractivity contribution in [2.45, 2.75) is 50.1 Å². The van der Waals surface area contributed by atoms with Crippen molar-refractivity contribution < 1.29 is 13.6 Å². The van der Waals surface area contributed by atoms with Crippen LogP contribution in [0.4, 0.5) is 4.39 Å². The molecule has 1 aromatic carbocycles. The van der Waals surface area contributed by atoms with Crippen molar-refractivity contribution in [3.8, 4) is 0 Å². The topological polar surface area (TPSA) is 77.1 Å². The first-order chi connectivity index (χ1) is 14.9. The van der Waals surface area contributed by atoms with Crippen LogP contribution in [0.2, 0.25) is 0 Å². The first-order valence-electron chi connectivity index (χ1n) is 10.2. The van der Waals surface area contributed by atoms with E-state index >= 15 is 0 Å². The van der Waals surface area contributed by atoms with Crippen molar-refractivity contribution in [1.82, 2.24) is 14.9 Å². The Labute approximate surface area is 184 Å². The normalized spacial score (nSPS) is 12.0. The third kappa shape index (κ3) is 5.85. The molecule has 0 saturated carbocycles. The van der Waals surface area contributed by atoms with Gasteiger partial charge in [-0.1, -0.05) is 37.2 Å². The third-order valence-corrected chi connectivity index (χ3v) is 6.26. The average molecular weight is 444 g/mol. The average Bonchev–Trinajstić information content (AvgIpc) is 3.28. The summed E-state index contributed by atoms with van der Waals surface area (Å²) in [5.74, 6) is 0.246. The number of thioether (sulfide) groups is 1. The van der Waals surface area contributed by atoms with E-state index < -0.39 is 0 Å². The van der Waals surface area contributed by atoms with Gasteiger partial charge in [-0.3, -0.25) is 14.2 Å². The van der Waals surface area contributed by atoms with Crippen molar-refractivity contribution in [3.63, 3.8) is 0 Å². The van der Waals surface area contributed by atoms with E-state index in [1.165, 1.54) is 28.5 Å². The minimum Gasteiger partial charge on any atom is -0.467 e. The fourth-order valence-corrected chi connectivity index (χ4v) is 4.41. The Morgan fingerprint density at radius 1 is 1.29 bits per heavy atom. The summed E-state index contributed by atoms with van der Waals surface area (Å²) < 4.78 is 19.9. The molecule has 1 N–H and O–H groups in total. The van der Waals surface area contributed by atoms with E-state index in [1.807, 2.05) is 6.92 Å². The highest BCUT2D eigenvalue weighted by Crippen LogP contribution is 2.25. The zero-order chi connectivity index (χ0) is 22.4. The maximum atomic E-state index is 13.2. The van der Waals surface area contributed by atoms with Crippen LogP contribution in [-0.2, 0) is 24.8 Å². The number of hydrogen-bond donors (Lipinski definition) is 1. The zero-order valence-corrected chi connectivity index (χ0v) is 18.7. The van der Waals surface area contributed by atoms with Crippen LogP contribution in [0.3, 0.4) is 0 Å². The molecular weight excluding hydrogens is 417 g/mol. The van der Waals surface area contributed by atoms with E-state index in [1.54, 1.807) is 44.5 Å². The number of benzene rings is 1. The number of aromatic nitrogens is 2. The van der Waals surface area contributed by atoms with Gasteiger partial charge in [0, 0.05) is 24.7 Å². The maximum Gasteiger partial charge on any atom is 0.257 e. The van der Waals surface area contributed by atoms with Crippen LogP contribution in [0, 0.1) is 12.7 Å². The molecule has 164 valence electrons. The summed E-state index contributed by atoms with van der Waals surface area (Å²) in [6.45, 7) is 4.11. The van der Waals surface area contributed by atoms with Crippen LogP contribution in [0.1, 0.15) is 42.3 Å². The molecule has 0 saturated heterocycles. The highest BCUT2D eigenvalue weighted by atomic mass is 32.2. The molecule has 1 unspecified atom stereocenters. The predicted molar refractivity (Wildman–Crippen MR) is 119 cm³/mol. The Hall–Kier alpha value is -2.87. The number of amides is 1. The lowest BCUT2D eigenvalue weighted by Gasteiger charge is -2.18. The predicted octanol–water partition coefficient (Wildman–Crippen LogP) is 3.99. The van der Waals surface area contributed by atoms with Gasteiger partial charge in [0.2, 0.25) is 5.91 Å². The van der Waals surface area contributed by atoms with Crippen molar-refractivity contribution in [1.29, 1.82) is 0 Å². The SMILES string of the molecule is CCCC(Sc1nc(C)c(Cc2ccc(F)cc2)c(=O)n1C)C(=O)NCc1ccco1.